The molecule has 1 nitrogen and oxygen atoms in total. The van der Waals surface area contributed by atoms with Crippen LogP contribution < -0.4 is 4.90 Å². The Morgan fingerprint density at radius 1 is 0.377 bits per heavy atom. The van der Waals surface area contributed by atoms with E-state index >= 15 is 0 Å². The Morgan fingerprint density at radius 3 is 1.79 bits per heavy atom. The van der Waals surface area contributed by atoms with Crippen molar-refractivity contribution in [2.75, 3.05) is 4.90 Å². The number of fused-ring (bicyclic) bond motifs is 8. The van der Waals surface area contributed by atoms with E-state index in [1.54, 1.807) is 0 Å². The third-order valence-electron chi connectivity index (χ3n) is 14.0. The Balaban J connectivity index is 1.24. The zero-order valence-electron chi connectivity index (χ0n) is 36.3. The molecule has 0 saturated heterocycles. The van der Waals surface area contributed by atoms with E-state index in [2.05, 4.69) is 235 Å². The second kappa shape index (κ2) is 13.4. The summed E-state index contributed by atoms with van der Waals surface area (Å²) in [6.07, 6.45) is 0. The van der Waals surface area contributed by atoms with Crippen LogP contribution in [0.1, 0.15) is 76.3 Å². The molecule has 9 aromatic carbocycles. The Kier molecular flexibility index (Phi) is 8.20. The van der Waals surface area contributed by atoms with Gasteiger partial charge in [-0.15, -0.1) is 0 Å². The highest BCUT2D eigenvalue weighted by atomic mass is 15.1. The van der Waals surface area contributed by atoms with Crippen LogP contribution in [0.4, 0.5) is 17.1 Å². The van der Waals surface area contributed by atoms with Gasteiger partial charge in [-0.25, -0.2) is 0 Å². The summed E-state index contributed by atoms with van der Waals surface area (Å²) in [6.45, 7) is 16.5. The minimum Gasteiger partial charge on any atom is -0.309 e. The lowest BCUT2D eigenvalue weighted by molar-refractivity contribution is 0.590. The maximum atomic E-state index is 2.58. The number of anilines is 3. The molecule has 0 atom stereocenters. The molecule has 2 aliphatic carbocycles. The summed E-state index contributed by atoms with van der Waals surface area (Å²) < 4.78 is 0. The van der Waals surface area contributed by atoms with Gasteiger partial charge in [0.2, 0.25) is 0 Å². The molecule has 0 N–H and O–H groups in total. The van der Waals surface area contributed by atoms with Gasteiger partial charge in [-0.05, 0) is 131 Å². The zero-order valence-corrected chi connectivity index (χ0v) is 36.3. The summed E-state index contributed by atoms with van der Waals surface area (Å²) >= 11 is 0. The van der Waals surface area contributed by atoms with Gasteiger partial charge in [0, 0.05) is 27.6 Å². The minimum absolute atomic E-state index is 0.0291. The standard InChI is InChI=1S/C60H51N/c1-58(2,3)42-29-33-54(48(36-42)38-18-9-8-10-19-38)61(43-30-31-45-49-34-40-21-11-12-22-41(40)35-52(49)60(6,7)53(45)37-43)55-32-28-39-20-13-14-23-44(39)57(55)47-25-17-27-51-56(47)46-24-15-16-26-50(46)59(51,4)5/h8-37H,1-7H3. The van der Waals surface area contributed by atoms with E-state index in [9.17, 15) is 0 Å². The number of hydrogen-bond acceptors (Lipinski definition) is 1. The van der Waals surface area contributed by atoms with E-state index in [0.717, 1.165) is 17.1 Å². The van der Waals surface area contributed by atoms with E-state index in [1.807, 2.05) is 0 Å². The molecule has 0 fully saturated rings. The second-order valence-corrected chi connectivity index (χ2v) is 19.4. The highest BCUT2D eigenvalue weighted by molar-refractivity contribution is 6.10. The third-order valence-corrected chi connectivity index (χ3v) is 14.0. The molecular formula is C60H51N. The fourth-order valence-electron chi connectivity index (χ4n) is 10.7. The number of benzene rings is 9. The molecule has 0 saturated carbocycles. The van der Waals surface area contributed by atoms with Gasteiger partial charge in [-0.1, -0.05) is 188 Å². The predicted molar refractivity (Wildman–Crippen MR) is 261 cm³/mol. The first-order chi connectivity index (χ1) is 29.4. The molecule has 0 unspecified atom stereocenters. The van der Waals surface area contributed by atoms with Crippen LogP contribution >= 0.6 is 0 Å². The van der Waals surface area contributed by atoms with Crippen LogP contribution in [0.3, 0.4) is 0 Å². The van der Waals surface area contributed by atoms with Gasteiger partial charge in [-0.2, -0.15) is 0 Å². The fraction of sp³-hybridized carbons (Fsp3) is 0.167. The van der Waals surface area contributed by atoms with Crippen LogP contribution in [0.2, 0.25) is 0 Å². The maximum Gasteiger partial charge on any atom is 0.0546 e. The van der Waals surface area contributed by atoms with Crippen LogP contribution in [0, 0.1) is 0 Å². The molecule has 0 aromatic heterocycles. The molecule has 0 aliphatic heterocycles. The minimum atomic E-state index is -0.198. The summed E-state index contributed by atoms with van der Waals surface area (Å²) in [4.78, 5) is 2.58. The molecule has 2 aliphatic rings. The SMILES string of the molecule is CC(C)(C)c1ccc(N(c2ccc3c(c2)C(C)(C)c2cc4ccccc4cc2-3)c2ccc3ccccc3c2-c2cccc3c2-c2ccccc2C3(C)C)c(-c2ccccc2)c1. The molecule has 61 heavy (non-hydrogen) atoms. The van der Waals surface area contributed by atoms with Crippen LogP contribution in [0.15, 0.2) is 182 Å². The second-order valence-electron chi connectivity index (χ2n) is 19.4. The molecular weight excluding hydrogens is 735 g/mol. The van der Waals surface area contributed by atoms with E-state index in [1.165, 1.54) is 93.9 Å². The quantitative estimate of drug-likeness (QED) is 0.168. The third kappa shape index (κ3) is 5.67. The van der Waals surface area contributed by atoms with Gasteiger partial charge in [0.05, 0.1) is 11.4 Å². The molecule has 1 heteroatoms. The van der Waals surface area contributed by atoms with E-state index in [4.69, 9.17) is 0 Å². The van der Waals surface area contributed by atoms with Crippen LogP contribution in [0.25, 0.3) is 66.1 Å². The molecule has 0 bridgehead atoms. The summed E-state index contributed by atoms with van der Waals surface area (Å²) in [5.41, 5.74) is 20.2. The van der Waals surface area contributed by atoms with Crippen LogP contribution in [-0.2, 0) is 16.2 Å². The zero-order chi connectivity index (χ0) is 41.8. The van der Waals surface area contributed by atoms with Gasteiger partial charge in [0.15, 0.2) is 0 Å². The van der Waals surface area contributed by atoms with E-state index < -0.39 is 0 Å². The van der Waals surface area contributed by atoms with Gasteiger partial charge in [0.25, 0.3) is 0 Å². The number of hydrogen-bond donors (Lipinski definition) is 0. The van der Waals surface area contributed by atoms with Crippen molar-refractivity contribution in [3.63, 3.8) is 0 Å². The van der Waals surface area contributed by atoms with Crippen molar-refractivity contribution in [2.24, 2.45) is 0 Å². The number of rotatable bonds is 5. The van der Waals surface area contributed by atoms with Crippen molar-refractivity contribution in [3.8, 4) is 44.5 Å². The molecule has 296 valence electrons. The first-order valence-corrected chi connectivity index (χ1v) is 21.8. The topological polar surface area (TPSA) is 3.24 Å². The van der Waals surface area contributed by atoms with Crippen molar-refractivity contribution in [2.45, 2.75) is 64.7 Å². The first-order valence-electron chi connectivity index (χ1n) is 21.8. The average Bonchev–Trinajstić information content (AvgIpc) is 3.64. The highest BCUT2D eigenvalue weighted by Crippen LogP contribution is 2.57. The summed E-state index contributed by atoms with van der Waals surface area (Å²) in [7, 11) is 0. The highest BCUT2D eigenvalue weighted by Gasteiger charge is 2.39. The lowest BCUT2D eigenvalue weighted by atomic mass is 9.81. The van der Waals surface area contributed by atoms with Gasteiger partial charge in [0.1, 0.15) is 0 Å². The van der Waals surface area contributed by atoms with Crippen molar-refractivity contribution in [1.29, 1.82) is 0 Å². The molecule has 11 rings (SSSR count). The molecule has 0 radical (unpaired) electrons. The maximum absolute atomic E-state index is 2.58. The molecule has 0 amide bonds. The van der Waals surface area contributed by atoms with Crippen LogP contribution in [-0.4, -0.2) is 0 Å². The lowest BCUT2D eigenvalue weighted by Gasteiger charge is -2.33. The Morgan fingerprint density at radius 2 is 1.00 bits per heavy atom. The monoisotopic (exact) mass is 785 g/mol. The van der Waals surface area contributed by atoms with Crippen molar-refractivity contribution in [3.05, 3.63) is 210 Å². The van der Waals surface area contributed by atoms with Gasteiger partial charge >= 0.3 is 0 Å². The normalized spacial score (nSPS) is 14.4. The Hall–Kier alpha value is -6.70. The average molecular weight is 786 g/mol. The predicted octanol–water partition coefficient (Wildman–Crippen LogP) is 16.7. The fourth-order valence-corrected chi connectivity index (χ4v) is 10.7. The van der Waals surface area contributed by atoms with Gasteiger partial charge < -0.3 is 4.90 Å². The van der Waals surface area contributed by atoms with Gasteiger partial charge in [-0.3, -0.25) is 0 Å². The van der Waals surface area contributed by atoms with Crippen molar-refractivity contribution >= 4 is 38.6 Å². The van der Waals surface area contributed by atoms with Crippen LogP contribution in [0.5, 0.6) is 0 Å². The van der Waals surface area contributed by atoms with Crippen molar-refractivity contribution < 1.29 is 0 Å². The molecule has 0 spiro atoms. The summed E-state index contributed by atoms with van der Waals surface area (Å²) in [5.74, 6) is 0. The first kappa shape index (κ1) is 37.3. The van der Waals surface area contributed by atoms with E-state index in [-0.39, 0.29) is 16.2 Å². The summed E-state index contributed by atoms with van der Waals surface area (Å²) in [6, 6.07) is 68.8. The largest absolute Gasteiger partial charge is 0.309 e. The Bertz CT molecular complexity index is 3230. The Labute approximate surface area is 361 Å². The van der Waals surface area contributed by atoms with Crippen molar-refractivity contribution in [1.82, 2.24) is 0 Å². The number of nitrogens with zero attached hydrogens (tertiary/aromatic N) is 1. The lowest BCUT2D eigenvalue weighted by Crippen LogP contribution is -2.18. The van der Waals surface area contributed by atoms with E-state index in [0.29, 0.717) is 0 Å². The molecule has 0 heterocycles. The molecule has 9 aromatic rings. The smallest absolute Gasteiger partial charge is 0.0546 e. The summed E-state index contributed by atoms with van der Waals surface area (Å²) in [5, 5.41) is 5.04.